The van der Waals surface area contributed by atoms with Crippen LogP contribution < -0.4 is 0 Å². The molecule has 0 aliphatic heterocycles. The second kappa shape index (κ2) is 9.49. The highest BCUT2D eigenvalue weighted by Crippen LogP contribution is 1.99. The Bertz CT molecular complexity index is 189. The normalized spacial score (nSPS) is 9.73. The number of hydrogen-bond donors (Lipinski definition) is 0. The average Bonchev–Trinajstić information content (AvgIpc) is 2.21. The highest BCUT2D eigenvalue weighted by atomic mass is 16.5. The van der Waals surface area contributed by atoms with Gasteiger partial charge in [-0.3, -0.25) is 9.59 Å². The van der Waals surface area contributed by atoms with Crippen molar-refractivity contribution in [3.8, 4) is 0 Å². The summed E-state index contributed by atoms with van der Waals surface area (Å²) in [6.07, 6.45) is 4.91. The number of carbonyl (C=O) groups is 2. The van der Waals surface area contributed by atoms with Gasteiger partial charge in [-0.05, 0) is 25.7 Å². The van der Waals surface area contributed by atoms with E-state index in [0.29, 0.717) is 19.6 Å². The summed E-state index contributed by atoms with van der Waals surface area (Å²) < 4.78 is 9.64. The minimum atomic E-state index is -0.244. The SMILES string of the molecule is CCC(=O)OCC[CH]CCCOC(C)=O. The van der Waals surface area contributed by atoms with E-state index in [1.54, 1.807) is 6.92 Å². The lowest BCUT2D eigenvalue weighted by Crippen LogP contribution is -2.04. The smallest absolute Gasteiger partial charge is 0.305 e. The fourth-order valence-electron chi connectivity index (χ4n) is 0.946. The topological polar surface area (TPSA) is 52.6 Å². The first-order chi connectivity index (χ1) is 7.16. The molecule has 0 aromatic rings. The molecule has 0 heterocycles. The van der Waals surface area contributed by atoms with E-state index in [4.69, 9.17) is 9.47 Å². The van der Waals surface area contributed by atoms with Gasteiger partial charge in [0.1, 0.15) is 0 Å². The molecule has 0 rings (SSSR count). The molecule has 0 atom stereocenters. The van der Waals surface area contributed by atoms with Gasteiger partial charge in [-0.2, -0.15) is 0 Å². The molecule has 0 amide bonds. The molecule has 0 aromatic carbocycles. The standard InChI is InChI=1S/C11H19O4/c1-3-11(13)15-9-7-5-4-6-8-14-10(2)12/h5H,3-4,6-9H2,1-2H3. The average molecular weight is 215 g/mol. The van der Waals surface area contributed by atoms with Crippen LogP contribution in [-0.2, 0) is 19.1 Å². The van der Waals surface area contributed by atoms with Gasteiger partial charge in [-0.1, -0.05) is 6.92 Å². The summed E-state index contributed by atoms with van der Waals surface area (Å²) >= 11 is 0. The number of esters is 2. The first-order valence-electron chi connectivity index (χ1n) is 5.27. The highest BCUT2D eigenvalue weighted by Gasteiger charge is 1.97. The van der Waals surface area contributed by atoms with E-state index in [-0.39, 0.29) is 11.9 Å². The van der Waals surface area contributed by atoms with Crippen molar-refractivity contribution in [2.75, 3.05) is 13.2 Å². The molecule has 4 nitrogen and oxygen atoms in total. The molecule has 0 fully saturated rings. The van der Waals surface area contributed by atoms with Crippen LogP contribution in [0.2, 0.25) is 0 Å². The van der Waals surface area contributed by atoms with Crippen molar-refractivity contribution in [1.29, 1.82) is 0 Å². The zero-order valence-electron chi connectivity index (χ0n) is 9.45. The molecule has 0 saturated carbocycles. The lowest BCUT2D eigenvalue weighted by Gasteiger charge is -2.03. The zero-order chi connectivity index (χ0) is 11.5. The molecule has 87 valence electrons. The third-order valence-corrected chi connectivity index (χ3v) is 1.73. The first-order valence-corrected chi connectivity index (χ1v) is 5.27. The van der Waals surface area contributed by atoms with Gasteiger partial charge in [-0.15, -0.1) is 0 Å². The highest BCUT2D eigenvalue weighted by molar-refractivity contribution is 5.68. The van der Waals surface area contributed by atoms with Crippen LogP contribution in [0, 0.1) is 6.42 Å². The molecule has 0 bridgehead atoms. The Morgan fingerprint density at radius 1 is 1.13 bits per heavy atom. The van der Waals surface area contributed by atoms with Crippen LogP contribution in [0.4, 0.5) is 0 Å². The van der Waals surface area contributed by atoms with Crippen LogP contribution >= 0.6 is 0 Å². The van der Waals surface area contributed by atoms with E-state index >= 15 is 0 Å². The van der Waals surface area contributed by atoms with E-state index in [9.17, 15) is 9.59 Å². The molecule has 1 radical (unpaired) electrons. The number of hydrogen-bond acceptors (Lipinski definition) is 4. The molecule has 0 aliphatic rings. The maximum atomic E-state index is 10.7. The summed E-state index contributed by atoms with van der Waals surface area (Å²) in [5, 5.41) is 0. The molecular weight excluding hydrogens is 196 g/mol. The van der Waals surface area contributed by atoms with Gasteiger partial charge in [0, 0.05) is 13.3 Å². The largest absolute Gasteiger partial charge is 0.466 e. The number of carbonyl (C=O) groups excluding carboxylic acids is 2. The molecular formula is C11H19O4. The Balaban J connectivity index is 3.05. The molecule has 0 unspecified atom stereocenters. The Kier molecular flexibility index (Phi) is 8.82. The summed E-state index contributed by atoms with van der Waals surface area (Å²) in [4.78, 5) is 21.1. The van der Waals surface area contributed by atoms with Gasteiger partial charge in [0.25, 0.3) is 0 Å². The van der Waals surface area contributed by atoms with Crippen molar-refractivity contribution in [3.05, 3.63) is 6.42 Å². The van der Waals surface area contributed by atoms with Gasteiger partial charge in [0.05, 0.1) is 13.2 Å². The van der Waals surface area contributed by atoms with Crippen molar-refractivity contribution >= 4 is 11.9 Å². The van der Waals surface area contributed by atoms with Crippen LogP contribution in [0.3, 0.4) is 0 Å². The molecule has 4 heteroatoms. The fourth-order valence-corrected chi connectivity index (χ4v) is 0.946. The van der Waals surface area contributed by atoms with E-state index in [1.807, 2.05) is 6.42 Å². The third kappa shape index (κ3) is 10.9. The first kappa shape index (κ1) is 13.9. The summed E-state index contributed by atoms with van der Waals surface area (Å²) in [5.41, 5.74) is 0. The molecule has 0 saturated heterocycles. The van der Waals surface area contributed by atoms with Gasteiger partial charge in [-0.25, -0.2) is 0 Å². The van der Waals surface area contributed by atoms with E-state index < -0.39 is 0 Å². The van der Waals surface area contributed by atoms with Gasteiger partial charge >= 0.3 is 11.9 Å². The zero-order valence-corrected chi connectivity index (χ0v) is 9.45. The Labute approximate surface area is 90.9 Å². The van der Waals surface area contributed by atoms with Crippen LogP contribution in [-0.4, -0.2) is 25.2 Å². The number of unbranched alkanes of at least 4 members (excludes halogenated alkanes) is 3. The second-order valence-corrected chi connectivity index (χ2v) is 3.13. The van der Waals surface area contributed by atoms with Crippen molar-refractivity contribution < 1.29 is 19.1 Å². The quantitative estimate of drug-likeness (QED) is 0.458. The van der Waals surface area contributed by atoms with Crippen LogP contribution in [0.15, 0.2) is 0 Å². The molecule has 15 heavy (non-hydrogen) atoms. The molecule has 0 spiro atoms. The third-order valence-electron chi connectivity index (χ3n) is 1.73. The minimum Gasteiger partial charge on any atom is -0.466 e. The van der Waals surface area contributed by atoms with E-state index in [2.05, 4.69) is 0 Å². The van der Waals surface area contributed by atoms with Gasteiger partial charge in [0.15, 0.2) is 0 Å². The minimum absolute atomic E-state index is 0.164. The lowest BCUT2D eigenvalue weighted by atomic mass is 10.2. The predicted octanol–water partition coefficient (Wildman–Crippen LogP) is 1.88. The van der Waals surface area contributed by atoms with Gasteiger partial charge in [0.2, 0.25) is 0 Å². The number of rotatable bonds is 8. The van der Waals surface area contributed by atoms with Crippen LogP contribution in [0.5, 0.6) is 0 Å². The monoisotopic (exact) mass is 215 g/mol. The number of ether oxygens (including phenoxy) is 2. The molecule has 0 aliphatic carbocycles. The Morgan fingerprint density at radius 3 is 2.47 bits per heavy atom. The van der Waals surface area contributed by atoms with Crippen molar-refractivity contribution in [1.82, 2.24) is 0 Å². The van der Waals surface area contributed by atoms with Crippen molar-refractivity contribution in [2.45, 2.75) is 39.5 Å². The van der Waals surface area contributed by atoms with Crippen molar-refractivity contribution in [3.63, 3.8) is 0 Å². The van der Waals surface area contributed by atoms with Crippen LogP contribution in [0.25, 0.3) is 0 Å². The molecule has 0 N–H and O–H groups in total. The van der Waals surface area contributed by atoms with Gasteiger partial charge < -0.3 is 9.47 Å². The lowest BCUT2D eigenvalue weighted by molar-refractivity contribution is -0.143. The maximum absolute atomic E-state index is 10.7. The Hall–Kier alpha value is -1.06. The van der Waals surface area contributed by atoms with Crippen LogP contribution in [0.1, 0.15) is 39.5 Å². The Morgan fingerprint density at radius 2 is 1.87 bits per heavy atom. The van der Waals surface area contributed by atoms with E-state index in [0.717, 1.165) is 19.3 Å². The summed E-state index contributed by atoms with van der Waals surface area (Å²) in [6.45, 7) is 4.07. The summed E-state index contributed by atoms with van der Waals surface area (Å²) in [7, 11) is 0. The predicted molar refractivity (Wildman–Crippen MR) is 56.0 cm³/mol. The summed E-state index contributed by atoms with van der Waals surface area (Å²) in [6, 6.07) is 0. The summed E-state index contributed by atoms with van der Waals surface area (Å²) in [5.74, 6) is -0.407. The molecule has 0 aromatic heterocycles. The second-order valence-electron chi connectivity index (χ2n) is 3.13. The van der Waals surface area contributed by atoms with E-state index in [1.165, 1.54) is 6.92 Å². The van der Waals surface area contributed by atoms with Crippen molar-refractivity contribution in [2.24, 2.45) is 0 Å². The fraction of sp³-hybridized carbons (Fsp3) is 0.727. The maximum Gasteiger partial charge on any atom is 0.305 e.